The predicted molar refractivity (Wildman–Crippen MR) is 76.5 cm³/mol. The monoisotopic (exact) mass is 349 g/mol. The Bertz CT molecular complexity index is 753. The highest BCUT2D eigenvalue weighted by atomic mass is 35.5. The summed E-state index contributed by atoms with van der Waals surface area (Å²) in [5, 5.41) is 14.6. The van der Waals surface area contributed by atoms with E-state index >= 15 is 0 Å². The highest BCUT2D eigenvalue weighted by Gasteiger charge is 2.16. The molecule has 0 spiro atoms. The van der Waals surface area contributed by atoms with Crippen LogP contribution >= 0.6 is 23.2 Å². The molecule has 1 heterocycles. The van der Waals surface area contributed by atoms with Gasteiger partial charge in [-0.2, -0.15) is 0 Å². The fourth-order valence-corrected chi connectivity index (χ4v) is 2.75. The van der Waals surface area contributed by atoms with Crippen LogP contribution in [0.4, 0.5) is 5.69 Å². The van der Waals surface area contributed by atoms with E-state index in [2.05, 4.69) is 15.6 Å². The molecule has 0 fully saturated rings. The van der Waals surface area contributed by atoms with Gasteiger partial charge in [-0.05, 0) is 12.1 Å². The lowest BCUT2D eigenvalue weighted by Crippen LogP contribution is -2.20. The van der Waals surface area contributed by atoms with Gasteiger partial charge >= 0.3 is 0 Å². The van der Waals surface area contributed by atoms with E-state index in [0.29, 0.717) is 0 Å². The zero-order valence-electron chi connectivity index (χ0n) is 10.3. The van der Waals surface area contributed by atoms with Gasteiger partial charge < -0.3 is 5.32 Å². The minimum Gasteiger partial charge on any atom is -0.322 e. The first-order valence-corrected chi connectivity index (χ1v) is 7.73. The Balaban J connectivity index is 2.23. The summed E-state index contributed by atoms with van der Waals surface area (Å²) in [7, 11) is -3.94. The van der Waals surface area contributed by atoms with Crippen LogP contribution in [-0.4, -0.2) is 29.3 Å². The Hall–Kier alpha value is -1.68. The van der Waals surface area contributed by atoms with Gasteiger partial charge in [-0.15, -0.1) is 5.10 Å². The summed E-state index contributed by atoms with van der Waals surface area (Å²) < 4.78 is 23.8. The zero-order chi connectivity index (χ0) is 15.6. The van der Waals surface area contributed by atoms with E-state index < -0.39 is 15.9 Å². The number of amides is 1. The molecule has 0 aliphatic carbocycles. The van der Waals surface area contributed by atoms with Crippen molar-refractivity contribution in [2.24, 2.45) is 5.14 Å². The second kappa shape index (κ2) is 5.98. The maximum Gasteiger partial charge on any atom is 0.246 e. The van der Waals surface area contributed by atoms with Gasteiger partial charge in [0.05, 0.1) is 26.8 Å². The van der Waals surface area contributed by atoms with Gasteiger partial charge in [0.1, 0.15) is 6.54 Å². The minimum absolute atomic E-state index is 0.0431. The number of carbonyl (C=O) groups is 1. The van der Waals surface area contributed by atoms with Crippen LogP contribution < -0.4 is 10.5 Å². The van der Waals surface area contributed by atoms with Crippen molar-refractivity contribution in [3.05, 3.63) is 34.6 Å². The van der Waals surface area contributed by atoms with Crippen LogP contribution in [0.1, 0.15) is 0 Å². The fourth-order valence-electron chi connectivity index (χ4n) is 1.48. The Morgan fingerprint density at radius 1 is 1.33 bits per heavy atom. The number of carbonyl (C=O) groups excluding carboxylic acids is 1. The molecule has 0 radical (unpaired) electrons. The largest absolute Gasteiger partial charge is 0.322 e. The highest BCUT2D eigenvalue weighted by Crippen LogP contribution is 2.33. The van der Waals surface area contributed by atoms with Crippen molar-refractivity contribution in [3.63, 3.8) is 0 Å². The van der Waals surface area contributed by atoms with Crippen molar-refractivity contribution in [1.29, 1.82) is 0 Å². The Labute approximate surface area is 129 Å². The van der Waals surface area contributed by atoms with Gasteiger partial charge in [0.2, 0.25) is 15.9 Å². The molecule has 2 aromatic rings. The Morgan fingerprint density at radius 3 is 2.43 bits per heavy atom. The summed E-state index contributed by atoms with van der Waals surface area (Å²) in [4.78, 5) is 11.6. The number of anilines is 1. The van der Waals surface area contributed by atoms with Crippen LogP contribution in [0.5, 0.6) is 0 Å². The Morgan fingerprint density at radius 2 is 1.95 bits per heavy atom. The topological polar surface area (TPSA) is 120 Å². The summed E-state index contributed by atoms with van der Waals surface area (Å²) in [5.41, 5.74) is 0.0934. The molecule has 0 unspecified atom stereocenters. The number of hydrogen-bond donors (Lipinski definition) is 2. The summed E-state index contributed by atoms with van der Waals surface area (Å²) >= 11 is 11.8. The first-order valence-electron chi connectivity index (χ1n) is 5.43. The molecule has 8 nitrogen and oxygen atoms in total. The maximum absolute atomic E-state index is 11.8. The molecule has 1 aromatic carbocycles. The average molecular weight is 350 g/mol. The summed E-state index contributed by atoms with van der Waals surface area (Å²) in [6.45, 7) is -0.0937. The third-order valence-corrected chi connectivity index (χ3v) is 3.88. The molecule has 2 rings (SSSR count). The molecule has 0 saturated heterocycles. The minimum atomic E-state index is -3.94. The van der Waals surface area contributed by atoms with Crippen molar-refractivity contribution in [2.75, 3.05) is 5.32 Å². The highest BCUT2D eigenvalue weighted by molar-refractivity contribution is 7.89. The average Bonchev–Trinajstić information content (AvgIpc) is 2.85. The van der Waals surface area contributed by atoms with E-state index in [0.717, 1.165) is 12.1 Å². The number of nitrogens with zero attached hydrogens (tertiary/aromatic N) is 3. The van der Waals surface area contributed by atoms with E-state index in [1.807, 2.05) is 0 Å². The second-order valence-corrected chi connectivity index (χ2v) is 6.33. The number of nitrogens with two attached hydrogens (primary N) is 1. The van der Waals surface area contributed by atoms with Gasteiger partial charge in [0, 0.05) is 6.20 Å². The molecule has 1 aromatic heterocycles. The second-order valence-electron chi connectivity index (χ2n) is 3.96. The number of aromatic nitrogens is 3. The summed E-state index contributed by atoms with van der Waals surface area (Å²) in [6.07, 6.45) is 2.93. The van der Waals surface area contributed by atoms with Crippen LogP contribution in [0.15, 0.2) is 29.4 Å². The van der Waals surface area contributed by atoms with Gasteiger partial charge in [0.15, 0.2) is 0 Å². The van der Waals surface area contributed by atoms with Crippen molar-refractivity contribution in [3.8, 4) is 0 Å². The van der Waals surface area contributed by atoms with E-state index in [9.17, 15) is 13.2 Å². The number of sulfonamides is 1. The summed E-state index contributed by atoms with van der Waals surface area (Å²) in [5.74, 6) is -0.451. The third-order valence-electron chi connectivity index (χ3n) is 2.39. The number of primary sulfonamides is 1. The Kier molecular flexibility index (Phi) is 4.47. The number of hydrogen-bond acceptors (Lipinski definition) is 5. The first-order chi connectivity index (χ1) is 9.77. The fraction of sp³-hybridized carbons (Fsp3) is 0.100. The van der Waals surface area contributed by atoms with Gasteiger partial charge in [0.25, 0.3) is 0 Å². The van der Waals surface area contributed by atoms with Crippen molar-refractivity contribution < 1.29 is 13.2 Å². The lowest BCUT2D eigenvalue weighted by Gasteiger charge is -2.10. The van der Waals surface area contributed by atoms with Gasteiger partial charge in [-0.1, -0.05) is 28.4 Å². The maximum atomic E-state index is 11.8. The molecule has 112 valence electrons. The third kappa shape index (κ3) is 3.91. The predicted octanol–water partition coefficient (Wildman–Crippen LogP) is 0.871. The lowest BCUT2D eigenvalue weighted by atomic mass is 10.3. The molecule has 0 saturated carbocycles. The molecule has 0 aliphatic rings. The van der Waals surface area contributed by atoms with E-state index in [1.54, 1.807) is 0 Å². The van der Waals surface area contributed by atoms with Crippen molar-refractivity contribution in [1.82, 2.24) is 15.0 Å². The van der Waals surface area contributed by atoms with Crippen LogP contribution in [-0.2, 0) is 21.4 Å². The molecule has 1 amide bonds. The molecule has 0 aliphatic heterocycles. The lowest BCUT2D eigenvalue weighted by molar-refractivity contribution is -0.116. The molecule has 3 N–H and O–H groups in total. The molecular weight excluding hydrogens is 341 g/mol. The molecule has 0 atom stereocenters. The normalized spacial score (nSPS) is 11.4. The number of nitrogens with one attached hydrogen (secondary N) is 1. The van der Waals surface area contributed by atoms with Crippen molar-refractivity contribution in [2.45, 2.75) is 11.4 Å². The van der Waals surface area contributed by atoms with E-state index in [4.69, 9.17) is 28.3 Å². The first kappa shape index (κ1) is 15.7. The van der Waals surface area contributed by atoms with Crippen LogP contribution in [0.25, 0.3) is 0 Å². The molecule has 21 heavy (non-hydrogen) atoms. The number of benzene rings is 1. The van der Waals surface area contributed by atoms with Crippen LogP contribution in [0.2, 0.25) is 10.0 Å². The van der Waals surface area contributed by atoms with Gasteiger partial charge in [-0.3, -0.25) is 4.79 Å². The quantitative estimate of drug-likeness (QED) is 0.848. The van der Waals surface area contributed by atoms with Crippen LogP contribution in [0.3, 0.4) is 0 Å². The van der Waals surface area contributed by atoms with E-state index in [1.165, 1.54) is 17.1 Å². The number of rotatable bonds is 4. The van der Waals surface area contributed by atoms with Crippen LogP contribution in [0, 0.1) is 0 Å². The van der Waals surface area contributed by atoms with Gasteiger partial charge in [-0.25, -0.2) is 18.2 Å². The molecule has 0 bridgehead atoms. The smallest absolute Gasteiger partial charge is 0.246 e. The van der Waals surface area contributed by atoms with Crippen molar-refractivity contribution >= 4 is 44.8 Å². The zero-order valence-corrected chi connectivity index (χ0v) is 12.7. The number of halogens is 2. The molecule has 11 heteroatoms. The SMILES string of the molecule is NS(=O)(=O)c1cc(Cl)c(NC(=O)Cn2ccnn2)c(Cl)c1. The van der Waals surface area contributed by atoms with E-state index in [-0.39, 0.29) is 27.2 Å². The molecular formula is C10H9Cl2N5O3S. The standard InChI is InChI=1S/C10H9Cl2N5O3S/c11-7-3-6(21(13,19)20)4-8(12)10(7)15-9(18)5-17-2-1-14-16-17/h1-4H,5H2,(H,15,18)(H2,13,19,20). The summed E-state index contributed by atoms with van der Waals surface area (Å²) in [6, 6.07) is 2.21.